The Hall–Kier alpha value is -13.1. The standard InChI is InChI=1S/C32H20O5S2.C31H19NO5S2.C31H19NO3S2/c33-32-25-12-3-6-15-29(25)39(36,37)30-17-16-21(19-26(30)32)20-8-7-9-22(18-20)31-23-10-1-4-13-27(23)38(34,35)28-14-5-2-11-24(28)31;33-31-22-10-2-6-14-27(22)38(34,35)28-18-17-20(19-23(28)31)21-9-1-3-11-24(21)32-25-12-4-7-15-29(25)39(36,37)30-16-8-5-13-26(30)32;33-31-22-10-2-6-14-27(22)36-28-18-17-20(19-23(28)31)21-9-1-3-11-24(21)32-25-12-4-7-15-29(25)37(34,35)30-16-8-5-13-26(30)32/h1-19,31H;1-19H;1-19H. The van der Waals surface area contributed by atoms with Gasteiger partial charge in [-0.05, 0) is 185 Å². The number of para-hydroxylation sites is 6. The van der Waals surface area contributed by atoms with E-state index in [2.05, 4.69) is 0 Å². The Balaban J connectivity index is 0.000000115. The molecule has 21 rings (SSSR count). The van der Waals surface area contributed by atoms with Crippen molar-refractivity contribution in [3.05, 3.63) is 395 Å². The number of fused-ring (bicyclic) bond motifs is 12. The van der Waals surface area contributed by atoms with Gasteiger partial charge in [0.05, 0.1) is 83.1 Å². The van der Waals surface area contributed by atoms with Gasteiger partial charge >= 0.3 is 0 Å². The Morgan fingerprint density at radius 3 is 1.03 bits per heavy atom. The van der Waals surface area contributed by atoms with Crippen molar-refractivity contribution in [3.63, 3.8) is 0 Å². The van der Waals surface area contributed by atoms with Gasteiger partial charge < -0.3 is 9.80 Å². The van der Waals surface area contributed by atoms with Crippen LogP contribution in [-0.2, 0) is 49.2 Å². The SMILES string of the molecule is O=C1c2ccccc2S(=O)(=O)c2ccc(-c3cccc(C4c5ccccc5S(=O)(=O)c5ccccc54)c3)cc21.O=C1c2ccccc2S(=O)(=O)c2ccc(-c3ccccc3N3c4ccccc4S(=O)(=O)c4ccccc43)cc21.O=c1c2ccccc2sc2ccc(-c3ccccc3N3c4ccccc4S(=O)(=O)c4ccccc43)cc12. The molecule has 0 spiro atoms. The summed E-state index contributed by atoms with van der Waals surface area (Å²) in [5, 5.41) is 1.40. The summed E-state index contributed by atoms with van der Waals surface area (Å²) in [5.74, 6) is -0.990. The average Bonchev–Trinajstić information content (AvgIpc) is 0.740. The summed E-state index contributed by atoms with van der Waals surface area (Å²) in [6, 6.07) is 101. The van der Waals surface area contributed by atoms with Crippen LogP contribution >= 0.6 is 11.3 Å². The normalized spacial score (nSPS) is 15.5. The summed E-state index contributed by atoms with van der Waals surface area (Å²) < 4.78 is 136. The maximum Gasteiger partial charge on any atom is 0.210 e. The quantitative estimate of drug-likeness (QED) is 0.141. The van der Waals surface area contributed by atoms with E-state index in [0.29, 0.717) is 71.4 Å². The lowest BCUT2D eigenvalue weighted by atomic mass is 9.83. The number of ketones is 2. The second-order valence-corrected chi connectivity index (χ2v) is 38.5. The van der Waals surface area contributed by atoms with Gasteiger partial charge in [-0.2, -0.15) is 0 Å². The molecule has 16 aromatic rings. The van der Waals surface area contributed by atoms with Gasteiger partial charge in [-0.15, -0.1) is 11.3 Å². The van der Waals surface area contributed by atoms with Crippen LogP contribution in [0.15, 0.2) is 400 Å². The van der Waals surface area contributed by atoms with Crippen LogP contribution in [0.3, 0.4) is 0 Å². The number of rotatable bonds is 6. The number of hydrogen-bond acceptors (Lipinski definition) is 16. The third kappa shape index (κ3) is 11.5. The number of benzene rings is 15. The van der Waals surface area contributed by atoms with E-state index < -0.39 is 49.2 Å². The summed E-state index contributed by atoms with van der Waals surface area (Å²) in [4.78, 5) is 45.6. The van der Waals surface area contributed by atoms with Gasteiger partial charge in [0, 0.05) is 59.5 Å². The molecule has 0 bridgehead atoms. The predicted molar refractivity (Wildman–Crippen MR) is 445 cm³/mol. The fourth-order valence-electron chi connectivity index (χ4n) is 16.3. The van der Waals surface area contributed by atoms with E-state index >= 15 is 0 Å². The lowest BCUT2D eigenvalue weighted by Gasteiger charge is -2.34. The molecule has 0 radical (unpaired) electrons. The topological polar surface area (TPSA) is 228 Å². The zero-order valence-electron chi connectivity index (χ0n) is 60.1. The summed E-state index contributed by atoms with van der Waals surface area (Å²) in [6.07, 6.45) is 0. The van der Waals surface area contributed by atoms with Crippen molar-refractivity contribution in [2.24, 2.45) is 0 Å². The molecule has 558 valence electrons. The number of hydrogen-bond donors (Lipinski definition) is 0. The van der Waals surface area contributed by atoms with E-state index in [4.69, 9.17) is 0 Å². The molecule has 0 saturated heterocycles. The van der Waals surface area contributed by atoms with E-state index in [1.54, 1.807) is 157 Å². The van der Waals surface area contributed by atoms with Gasteiger partial charge in [-0.3, -0.25) is 14.4 Å². The van der Waals surface area contributed by atoms with Crippen LogP contribution < -0.4 is 15.2 Å². The van der Waals surface area contributed by atoms with Crippen LogP contribution in [0.2, 0.25) is 0 Å². The number of sulfone groups is 5. The van der Waals surface area contributed by atoms with Crippen molar-refractivity contribution < 1.29 is 51.7 Å². The van der Waals surface area contributed by atoms with E-state index in [-0.39, 0.29) is 84.3 Å². The van der Waals surface area contributed by atoms with Crippen molar-refractivity contribution in [1.29, 1.82) is 0 Å². The molecule has 0 aliphatic carbocycles. The Morgan fingerprint density at radius 2 is 0.548 bits per heavy atom. The second-order valence-electron chi connectivity index (χ2n) is 27.9. The maximum atomic E-state index is 13.5. The molecule has 0 unspecified atom stereocenters. The Bertz CT molecular complexity index is 7470. The molecule has 0 fully saturated rings. The van der Waals surface area contributed by atoms with Crippen molar-refractivity contribution in [1.82, 2.24) is 0 Å². The van der Waals surface area contributed by atoms with E-state index in [9.17, 15) is 56.5 Å². The van der Waals surface area contributed by atoms with Crippen molar-refractivity contribution in [2.75, 3.05) is 9.80 Å². The monoisotopic (exact) mass is 1610 g/mol. The van der Waals surface area contributed by atoms with Gasteiger partial charge in [0.15, 0.2) is 17.0 Å². The van der Waals surface area contributed by atoms with Crippen molar-refractivity contribution in [2.45, 2.75) is 54.9 Å². The molecule has 5 aliphatic heterocycles. The van der Waals surface area contributed by atoms with Crippen LogP contribution in [-0.4, -0.2) is 53.7 Å². The highest BCUT2D eigenvalue weighted by Gasteiger charge is 2.41. The van der Waals surface area contributed by atoms with Gasteiger partial charge in [0.25, 0.3) is 0 Å². The van der Waals surface area contributed by atoms with E-state index in [0.717, 1.165) is 42.7 Å². The molecule has 21 heteroatoms. The molecule has 15 aromatic carbocycles. The molecule has 115 heavy (non-hydrogen) atoms. The van der Waals surface area contributed by atoms with E-state index in [1.165, 1.54) is 36.4 Å². The first-order valence-electron chi connectivity index (χ1n) is 36.3. The third-order valence-electron chi connectivity index (χ3n) is 21.5. The zero-order chi connectivity index (χ0) is 79.0. The molecule has 0 N–H and O–H groups in total. The molecular formula is C94H58N2O13S6. The first kappa shape index (κ1) is 72.1. The molecule has 15 nitrogen and oxygen atoms in total. The van der Waals surface area contributed by atoms with Crippen molar-refractivity contribution in [3.8, 4) is 33.4 Å². The minimum absolute atomic E-state index is 0.00597. The molecule has 0 saturated carbocycles. The number of carbonyl (C=O) groups excluding carboxylic acids is 2. The Labute approximate surface area is 665 Å². The molecule has 0 amide bonds. The fourth-order valence-corrected chi connectivity index (χ4v) is 25.6. The highest BCUT2D eigenvalue weighted by atomic mass is 32.2. The van der Waals surface area contributed by atoms with Crippen LogP contribution in [0.4, 0.5) is 34.1 Å². The summed E-state index contributed by atoms with van der Waals surface area (Å²) in [7, 11) is -18.7. The predicted octanol–water partition coefficient (Wildman–Crippen LogP) is 20.1. The molecule has 1 aromatic heterocycles. The van der Waals surface area contributed by atoms with Gasteiger partial charge in [-0.1, -0.05) is 200 Å². The smallest absolute Gasteiger partial charge is 0.210 e. The second kappa shape index (κ2) is 27.3. The van der Waals surface area contributed by atoms with Crippen LogP contribution in [0.1, 0.15) is 54.5 Å². The molecule has 0 atom stereocenters. The number of nitrogens with zero attached hydrogens (tertiary/aromatic N) is 2. The third-order valence-corrected chi connectivity index (χ3v) is 32.0. The van der Waals surface area contributed by atoms with Gasteiger partial charge in [-0.25, -0.2) is 42.1 Å². The van der Waals surface area contributed by atoms with Gasteiger partial charge in [0.1, 0.15) is 0 Å². The maximum absolute atomic E-state index is 13.5. The summed E-state index contributed by atoms with van der Waals surface area (Å²) in [6.45, 7) is 0. The number of anilines is 6. The van der Waals surface area contributed by atoms with Crippen LogP contribution in [0.5, 0.6) is 0 Å². The highest BCUT2D eigenvalue weighted by Crippen LogP contribution is 2.54. The van der Waals surface area contributed by atoms with Crippen LogP contribution in [0, 0.1) is 0 Å². The minimum atomic E-state index is -3.85. The summed E-state index contributed by atoms with van der Waals surface area (Å²) >= 11 is 1.61. The highest BCUT2D eigenvalue weighted by molar-refractivity contribution is 7.93. The van der Waals surface area contributed by atoms with Crippen molar-refractivity contribution >= 4 is 126 Å². The average molecular weight is 1620 g/mol. The Morgan fingerprint density at radius 1 is 0.226 bits per heavy atom. The molecule has 6 heterocycles. The first-order valence-corrected chi connectivity index (χ1v) is 44.6. The van der Waals surface area contributed by atoms with E-state index in [1.807, 2.05) is 174 Å². The molecule has 5 aliphatic rings. The summed E-state index contributed by atoms with van der Waals surface area (Å²) in [5.41, 5.74) is 11.3. The first-order chi connectivity index (χ1) is 55.6. The zero-order valence-corrected chi connectivity index (χ0v) is 65.0. The molecular weight excluding hydrogens is 1560 g/mol. The minimum Gasteiger partial charge on any atom is -0.307 e. The van der Waals surface area contributed by atoms with Gasteiger partial charge in [0.2, 0.25) is 49.2 Å². The lowest BCUT2D eigenvalue weighted by molar-refractivity contribution is 0.102. The largest absolute Gasteiger partial charge is 0.307 e. The number of carbonyl (C=O) groups is 2. The fraction of sp³-hybridized carbons (Fsp3) is 0.0106. The lowest BCUT2D eigenvalue weighted by Crippen LogP contribution is -2.22. The Kier molecular flexibility index (Phi) is 17.1. The van der Waals surface area contributed by atoms with Crippen LogP contribution in [0.25, 0.3) is 53.6 Å².